The molecule has 0 aliphatic carbocycles. The fourth-order valence-electron chi connectivity index (χ4n) is 2.15. The molecule has 3 nitrogen and oxygen atoms in total. The highest BCUT2D eigenvalue weighted by Gasteiger charge is 2.29. The highest BCUT2D eigenvalue weighted by Crippen LogP contribution is 2.27. The first-order chi connectivity index (χ1) is 7.27. The standard InChI is InChI=1S/C11H13N2OS.HI/c1-12-9-4-2-3-5-10(9)13-6-8(14)7-15-11(12)13;/h2-5,8,14H,6-7H2,1H3;1H/q+1;/p-1. The summed E-state index contributed by atoms with van der Waals surface area (Å²) in [7, 11) is 2.08. The fourth-order valence-corrected chi connectivity index (χ4v) is 3.22. The minimum atomic E-state index is -0.224. The van der Waals surface area contributed by atoms with Crippen LogP contribution in [0.25, 0.3) is 11.0 Å². The average molecular weight is 348 g/mol. The second kappa shape index (κ2) is 4.54. The normalized spacial score (nSPS) is 19.2. The Bertz CT molecular complexity index is 526. The van der Waals surface area contributed by atoms with Crippen molar-refractivity contribution in [3.8, 4) is 0 Å². The van der Waals surface area contributed by atoms with Crippen LogP contribution >= 0.6 is 11.8 Å². The Labute approximate surface area is 115 Å². The molecule has 86 valence electrons. The summed E-state index contributed by atoms with van der Waals surface area (Å²) in [5, 5.41) is 10.9. The number of rotatable bonds is 0. The van der Waals surface area contributed by atoms with Crippen molar-refractivity contribution < 1.29 is 33.7 Å². The molecule has 1 atom stereocenters. The lowest BCUT2D eigenvalue weighted by molar-refractivity contribution is -0.685. The van der Waals surface area contributed by atoms with Gasteiger partial charge in [-0.3, -0.25) is 0 Å². The van der Waals surface area contributed by atoms with E-state index < -0.39 is 0 Å². The maximum atomic E-state index is 9.67. The molecule has 1 N–H and O–H groups in total. The average Bonchev–Trinajstić information content (AvgIpc) is 2.54. The zero-order valence-corrected chi connectivity index (χ0v) is 11.9. The fraction of sp³-hybridized carbons (Fsp3) is 0.364. The Balaban J connectivity index is 0.000000963. The lowest BCUT2D eigenvalue weighted by Crippen LogP contribution is -3.00. The number of benzene rings is 1. The molecule has 0 radical (unpaired) electrons. The molecular weight excluding hydrogens is 335 g/mol. The molecule has 0 saturated heterocycles. The number of para-hydroxylation sites is 2. The SMILES string of the molecule is C[n+]1c2n(c3ccccc31)CC(O)CS2.[I-]. The van der Waals surface area contributed by atoms with Crippen molar-refractivity contribution in [2.45, 2.75) is 17.8 Å². The first-order valence-corrected chi connectivity index (χ1v) is 6.04. The van der Waals surface area contributed by atoms with Crippen LogP contribution in [0.4, 0.5) is 0 Å². The molecule has 0 saturated carbocycles. The Morgan fingerprint density at radius 2 is 2.19 bits per heavy atom. The highest BCUT2D eigenvalue weighted by atomic mass is 127. The number of aryl methyl sites for hydroxylation is 1. The van der Waals surface area contributed by atoms with Gasteiger partial charge in [0.1, 0.15) is 12.6 Å². The molecule has 2 heterocycles. The number of nitrogens with zero attached hydrogens (tertiary/aromatic N) is 2. The van der Waals surface area contributed by atoms with E-state index in [9.17, 15) is 5.11 Å². The molecule has 1 aliphatic heterocycles. The molecule has 1 aromatic carbocycles. The van der Waals surface area contributed by atoms with Crippen LogP contribution < -0.4 is 28.5 Å². The number of hydrogen-bond donors (Lipinski definition) is 1. The number of fused-ring (bicyclic) bond motifs is 3. The van der Waals surface area contributed by atoms with E-state index >= 15 is 0 Å². The number of imidazole rings is 1. The third-order valence-corrected chi connectivity index (χ3v) is 4.15. The van der Waals surface area contributed by atoms with Crippen molar-refractivity contribution in [1.29, 1.82) is 0 Å². The zero-order chi connectivity index (χ0) is 10.4. The van der Waals surface area contributed by atoms with E-state index in [1.54, 1.807) is 11.8 Å². The van der Waals surface area contributed by atoms with Crippen molar-refractivity contribution in [2.75, 3.05) is 5.75 Å². The van der Waals surface area contributed by atoms with Crippen LogP contribution in [0.15, 0.2) is 29.4 Å². The van der Waals surface area contributed by atoms with Gasteiger partial charge in [0, 0.05) is 5.75 Å². The molecule has 2 aromatic rings. The molecule has 16 heavy (non-hydrogen) atoms. The summed E-state index contributed by atoms with van der Waals surface area (Å²) in [6.07, 6.45) is -0.224. The number of hydrogen-bond acceptors (Lipinski definition) is 2. The third-order valence-electron chi connectivity index (χ3n) is 2.85. The van der Waals surface area contributed by atoms with Gasteiger partial charge in [0.25, 0.3) is 0 Å². The van der Waals surface area contributed by atoms with Gasteiger partial charge in [-0.1, -0.05) is 12.1 Å². The van der Waals surface area contributed by atoms with Crippen molar-refractivity contribution >= 4 is 22.8 Å². The molecule has 0 spiro atoms. The van der Waals surface area contributed by atoms with Crippen LogP contribution in [0, 0.1) is 0 Å². The topological polar surface area (TPSA) is 29.0 Å². The second-order valence-corrected chi connectivity index (χ2v) is 4.89. The van der Waals surface area contributed by atoms with E-state index in [0.717, 1.165) is 5.75 Å². The van der Waals surface area contributed by atoms with Gasteiger partial charge in [-0.25, -0.2) is 9.13 Å². The van der Waals surface area contributed by atoms with Crippen molar-refractivity contribution in [2.24, 2.45) is 7.05 Å². The largest absolute Gasteiger partial charge is 1.00 e. The van der Waals surface area contributed by atoms with Gasteiger partial charge < -0.3 is 29.1 Å². The molecule has 1 aromatic heterocycles. The van der Waals surface area contributed by atoms with Crippen molar-refractivity contribution in [3.63, 3.8) is 0 Å². The first-order valence-electron chi connectivity index (χ1n) is 5.05. The summed E-state index contributed by atoms with van der Waals surface area (Å²) in [6, 6.07) is 8.32. The number of aliphatic hydroxyl groups is 1. The monoisotopic (exact) mass is 348 g/mol. The van der Waals surface area contributed by atoms with Crippen molar-refractivity contribution in [1.82, 2.24) is 4.57 Å². The van der Waals surface area contributed by atoms with Gasteiger partial charge in [-0.15, -0.1) is 0 Å². The number of aromatic nitrogens is 2. The van der Waals surface area contributed by atoms with Gasteiger partial charge in [-0.05, 0) is 23.9 Å². The number of aliphatic hydroxyl groups excluding tert-OH is 1. The van der Waals surface area contributed by atoms with E-state index in [4.69, 9.17) is 0 Å². The van der Waals surface area contributed by atoms with E-state index in [-0.39, 0.29) is 30.1 Å². The smallest absolute Gasteiger partial charge is 0.318 e. The van der Waals surface area contributed by atoms with Crippen LogP contribution in [-0.2, 0) is 13.6 Å². The summed E-state index contributed by atoms with van der Waals surface area (Å²) in [6.45, 7) is 0.712. The minimum absolute atomic E-state index is 0. The highest BCUT2D eigenvalue weighted by molar-refractivity contribution is 7.99. The van der Waals surface area contributed by atoms with Gasteiger partial charge in [0.15, 0.2) is 11.0 Å². The summed E-state index contributed by atoms with van der Waals surface area (Å²) in [5.41, 5.74) is 2.44. The third kappa shape index (κ3) is 1.74. The zero-order valence-electron chi connectivity index (χ0n) is 8.93. The van der Waals surface area contributed by atoms with E-state index in [1.165, 1.54) is 16.2 Å². The molecule has 3 rings (SSSR count). The lowest BCUT2D eigenvalue weighted by atomic mass is 10.3. The molecule has 5 heteroatoms. The van der Waals surface area contributed by atoms with Crippen LogP contribution in [-0.4, -0.2) is 21.5 Å². The quantitative estimate of drug-likeness (QED) is 0.438. The van der Waals surface area contributed by atoms with E-state index in [2.05, 4.69) is 34.4 Å². The number of thioether (sulfide) groups is 1. The maximum Gasteiger partial charge on any atom is 0.318 e. The van der Waals surface area contributed by atoms with Crippen LogP contribution in [0.1, 0.15) is 0 Å². The van der Waals surface area contributed by atoms with Gasteiger partial charge >= 0.3 is 5.16 Å². The maximum absolute atomic E-state index is 9.67. The molecule has 1 unspecified atom stereocenters. The van der Waals surface area contributed by atoms with Gasteiger partial charge in [0.05, 0.1) is 7.05 Å². The summed E-state index contributed by atoms with van der Waals surface area (Å²) in [4.78, 5) is 0. The molecule has 1 aliphatic rings. The molecule has 0 amide bonds. The van der Waals surface area contributed by atoms with E-state index in [1.807, 2.05) is 6.07 Å². The second-order valence-electron chi connectivity index (χ2n) is 3.91. The van der Waals surface area contributed by atoms with Crippen LogP contribution in [0.2, 0.25) is 0 Å². The van der Waals surface area contributed by atoms with Crippen LogP contribution in [0.5, 0.6) is 0 Å². The van der Waals surface area contributed by atoms with Crippen LogP contribution in [0.3, 0.4) is 0 Å². The lowest BCUT2D eigenvalue weighted by Gasteiger charge is -2.13. The predicted molar refractivity (Wildman–Crippen MR) is 59.8 cm³/mol. The first kappa shape index (κ1) is 12.2. The predicted octanol–water partition coefficient (Wildman–Crippen LogP) is -2.06. The number of halogens is 1. The summed E-state index contributed by atoms with van der Waals surface area (Å²) in [5.74, 6) is 0.796. The van der Waals surface area contributed by atoms with Gasteiger partial charge in [-0.2, -0.15) is 0 Å². The van der Waals surface area contributed by atoms with Crippen molar-refractivity contribution in [3.05, 3.63) is 24.3 Å². The summed E-state index contributed by atoms with van der Waals surface area (Å²) < 4.78 is 4.40. The Morgan fingerprint density at radius 1 is 1.44 bits per heavy atom. The Morgan fingerprint density at radius 3 is 3.00 bits per heavy atom. The molecule has 0 fully saturated rings. The Hall–Kier alpha value is -0.270. The summed E-state index contributed by atoms with van der Waals surface area (Å²) >= 11 is 1.73. The van der Waals surface area contributed by atoms with Gasteiger partial charge in [0.2, 0.25) is 0 Å². The molecule has 0 bridgehead atoms. The molecular formula is C11H13IN2OS. The van der Waals surface area contributed by atoms with E-state index in [0.29, 0.717) is 6.54 Å². The minimum Gasteiger partial charge on any atom is -1.00 e. The Kier molecular flexibility index (Phi) is 3.46.